The van der Waals surface area contributed by atoms with E-state index in [1.165, 1.54) is 0 Å². The van der Waals surface area contributed by atoms with Crippen molar-refractivity contribution in [1.29, 1.82) is 0 Å². The summed E-state index contributed by atoms with van der Waals surface area (Å²) in [6.07, 6.45) is 5.43. The lowest BCUT2D eigenvalue weighted by molar-refractivity contribution is -0.131. The minimum atomic E-state index is -0.249. The second-order valence-electron chi connectivity index (χ2n) is 6.12. The third-order valence-corrected chi connectivity index (χ3v) is 4.74. The zero-order chi connectivity index (χ0) is 14.4. The maximum atomic E-state index is 12.4. The van der Waals surface area contributed by atoms with Crippen molar-refractivity contribution in [3.8, 4) is 0 Å². The standard InChI is InChI=1S/C16H19NO3/c1-9-13-5-6-14(19)10(2)15(13)17(16(9)20)8-11-3-4-12(18)7-11/h5-6,9-11H,3-4,7-8H2,1-2H3. The molecular formula is C16H19NO3. The molecule has 3 unspecified atom stereocenters. The molecule has 1 amide bonds. The first-order chi connectivity index (χ1) is 9.49. The molecule has 4 heteroatoms. The van der Waals surface area contributed by atoms with Crippen LogP contribution in [0.2, 0.25) is 0 Å². The van der Waals surface area contributed by atoms with Gasteiger partial charge in [-0.2, -0.15) is 0 Å². The number of nitrogens with zero attached hydrogens (tertiary/aromatic N) is 1. The first-order valence-electron chi connectivity index (χ1n) is 7.28. The Morgan fingerprint density at radius 3 is 2.55 bits per heavy atom. The normalized spacial score (nSPS) is 33.4. The summed E-state index contributed by atoms with van der Waals surface area (Å²) in [5.41, 5.74) is 1.85. The van der Waals surface area contributed by atoms with Crippen LogP contribution in [0.3, 0.4) is 0 Å². The Hall–Kier alpha value is -1.71. The van der Waals surface area contributed by atoms with E-state index in [2.05, 4.69) is 0 Å². The number of allylic oxidation sites excluding steroid dienone is 3. The van der Waals surface area contributed by atoms with Gasteiger partial charge < -0.3 is 4.90 Å². The maximum Gasteiger partial charge on any atom is 0.234 e. The van der Waals surface area contributed by atoms with Gasteiger partial charge in [-0.15, -0.1) is 0 Å². The summed E-state index contributed by atoms with van der Waals surface area (Å²) < 4.78 is 0. The highest BCUT2D eigenvalue weighted by atomic mass is 16.2. The first-order valence-corrected chi connectivity index (χ1v) is 7.28. The van der Waals surface area contributed by atoms with Gasteiger partial charge in [-0.25, -0.2) is 0 Å². The quantitative estimate of drug-likeness (QED) is 0.771. The molecule has 2 aliphatic carbocycles. The van der Waals surface area contributed by atoms with E-state index in [4.69, 9.17) is 0 Å². The summed E-state index contributed by atoms with van der Waals surface area (Å²) in [6, 6.07) is 0. The van der Waals surface area contributed by atoms with Crippen LogP contribution in [0, 0.1) is 17.8 Å². The summed E-state index contributed by atoms with van der Waals surface area (Å²) in [5.74, 6) is 0.240. The van der Waals surface area contributed by atoms with Crippen LogP contribution in [0.1, 0.15) is 33.1 Å². The minimum Gasteiger partial charge on any atom is -0.314 e. The lowest BCUT2D eigenvalue weighted by Gasteiger charge is -2.27. The van der Waals surface area contributed by atoms with Crippen molar-refractivity contribution < 1.29 is 14.4 Å². The second kappa shape index (κ2) is 4.69. The highest BCUT2D eigenvalue weighted by Gasteiger charge is 2.42. The van der Waals surface area contributed by atoms with E-state index in [9.17, 15) is 14.4 Å². The number of amides is 1. The Morgan fingerprint density at radius 1 is 1.15 bits per heavy atom. The molecule has 0 spiro atoms. The van der Waals surface area contributed by atoms with Gasteiger partial charge in [0.15, 0.2) is 5.78 Å². The number of hydrogen-bond acceptors (Lipinski definition) is 3. The SMILES string of the molecule is CC1C(=O)N(CC2CCC(=O)C2)C2=C1C=CC(=O)C2C. The summed E-state index contributed by atoms with van der Waals surface area (Å²) in [4.78, 5) is 37.5. The molecule has 3 atom stereocenters. The molecule has 0 aromatic carbocycles. The van der Waals surface area contributed by atoms with Gasteiger partial charge >= 0.3 is 0 Å². The summed E-state index contributed by atoms with van der Waals surface area (Å²) in [7, 11) is 0. The Balaban J connectivity index is 1.88. The molecule has 106 valence electrons. The Labute approximate surface area is 118 Å². The molecule has 0 bridgehead atoms. The van der Waals surface area contributed by atoms with Crippen LogP contribution in [-0.2, 0) is 14.4 Å². The molecule has 0 saturated heterocycles. The van der Waals surface area contributed by atoms with Crippen LogP contribution >= 0.6 is 0 Å². The van der Waals surface area contributed by atoms with Gasteiger partial charge in [-0.05, 0) is 37.8 Å². The molecule has 1 fully saturated rings. The Kier molecular flexibility index (Phi) is 3.11. The zero-order valence-electron chi connectivity index (χ0n) is 11.9. The van der Waals surface area contributed by atoms with E-state index in [-0.39, 0.29) is 35.2 Å². The van der Waals surface area contributed by atoms with Gasteiger partial charge in [-0.3, -0.25) is 14.4 Å². The van der Waals surface area contributed by atoms with Crippen molar-refractivity contribution in [3.05, 3.63) is 23.4 Å². The number of rotatable bonds is 2. The third kappa shape index (κ3) is 1.94. The Morgan fingerprint density at radius 2 is 1.90 bits per heavy atom. The fourth-order valence-corrected chi connectivity index (χ4v) is 3.52. The molecule has 3 rings (SSSR count). The second-order valence-corrected chi connectivity index (χ2v) is 6.12. The Bertz CT molecular complexity index is 558. The molecule has 1 aliphatic heterocycles. The van der Waals surface area contributed by atoms with E-state index in [0.29, 0.717) is 19.4 Å². The van der Waals surface area contributed by atoms with Crippen LogP contribution in [0.15, 0.2) is 23.4 Å². The largest absolute Gasteiger partial charge is 0.314 e. The van der Waals surface area contributed by atoms with Crippen molar-refractivity contribution in [2.75, 3.05) is 6.54 Å². The average molecular weight is 273 g/mol. The third-order valence-electron chi connectivity index (χ3n) is 4.74. The van der Waals surface area contributed by atoms with Crippen molar-refractivity contribution in [2.45, 2.75) is 33.1 Å². The molecule has 20 heavy (non-hydrogen) atoms. The monoisotopic (exact) mass is 273 g/mol. The van der Waals surface area contributed by atoms with Gasteiger partial charge in [0.25, 0.3) is 0 Å². The van der Waals surface area contributed by atoms with Crippen LogP contribution < -0.4 is 0 Å². The number of hydrogen-bond donors (Lipinski definition) is 0. The number of Topliss-reactive ketones (excluding diaryl/α,β-unsaturated/α-hetero) is 1. The van der Waals surface area contributed by atoms with Crippen LogP contribution in [0.5, 0.6) is 0 Å². The number of carbonyl (C=O) groups excluding carboxylic acids is 3. The molecule has 1 heterocycles. The first kappa shape index (κ1) is 13.3. The molecule has 0 radical (unpaired) electrons. The van der Waals surface area contributed by atoms with Crippen molar-refractivity contribution in [2.24, 2.45) is 17.8 Å². The molecule has 0 aromatic rings. The summed E-state index contributed by atoms with van der Waals surface area (Å²) in [5, 5.41) is 0. The van der Waals surface area contributed by atoms with E-state index < -0.39 is 0 Å². The minimum absolute atomic E-state index is 0.0538. The van der Waals surface area contributed by atoms with Gasteiger partial charge in [0.05, 0.1) is 11.8 Å². The molecular weight excluding hydrogens is 254 g/mol. The summed E-state index contributed by atoms with van der Waals surface area (Å²) in [6.45, 7) is 4.34. The van der Waals surface area contributed by atoms with Crippen LogP contribution in [-0.4, -0.2) is 28.9 Å². The van der Waals surface area contributed by atoms with Gasteiger partial charge in [0.1, 0.15) is 5.78 Å². The van der Waals surface area contributed by atoms with E-state index in [1.807, 2.05) is 13.8 Å². The predicted molar refractivity (Wildman–Crippen MR) is 73.6 cm³/mol. The van der Waals surface area contributed by atoms with Crippen molar-refractivity contribution in [3.63, 3.8) is 0 Å². The van der Waals surface area contributed by atoms with Gasteiger partial charge in [0.2, 0.25) is 5.91 Å². The molecule has 1 saturated carbocycles. The highest BCUT2D eigenvalue weighted by molar-refractivity contribution is 6.00. The predicted octanol–water partition coefficient (Wildman–Crippen LogP) is 1.86. The lowest BCUT2D eigenvalue weighted by atomic mass is 9.89. The lowest BCUT2D eigenvalue weighted by Crippen LogP contribution is -2.35. The highest BCUT2D eigenvalue weighted by Crippen LogP contribution is 2.39. The van der Waals surface area contributed by atoms with Crippen LogP contribution in [0.25, 0.3) is 0 Å². The van der Waals surface area contributed by atoms with Crippen molar-refractivity contribution >= 4 is 17.5 Å². The van der Waals surface area contributed by atoms with Gasteiger partial charge in [-0.1, -0.05) is 6.08 Å². The maximum absolute atomic E-state index is 12.4. The van der Waals surface area contributed by atoms with Crippen molar-refractivity contribution in [1.82, 2.24) is 4.90 Å². The van der Waals surface area contributed by atoms with E-state index in [1.54, 1.807) is 17.1 Å². The molecule has 0 aromatic heterocycles. The molecule has 0 N–H and O–H groups in total. The van der Waals surface area contributed by atoms with Gasteiger partial charge in [0, 0.05) is 25.1 Å². The molecule has 4 nitrogen and oxygen atoms in total. The average Bonchev–Trinajstić information content (AvgIpc) is 2.92. The summed E-state index contributed by atoms with van der Waals surface area (Å²) >= 11 is 0. The molecule has 3 aliphatic rings. The van der Waals surface area contributed by atoms with E-state index in [0.717, 1.165) is 17.7 Å². The zero-order valence-corrected chi connectivity index (χ0v) is 11.9. The fraction of sp³-hybridized carbons (Fsp3) is 0.562. The van der Waals surface area contributed by atoms with Crippen LogP contribution in [0.4, 0.5) is 0 Å². The number of ketones is 2. The van der Waals surface area contributed by atoms with E-state index >= 15 is 0 Å². The topological polar surface area (TPSA) is 54.5 Å². The smallest absolute Gasteiger partial charge is 0.234 e. The number of carbonyl (C=O) groups is 3. The fourth-order valence-electron chi connectivity index (χ4n) is 3.52.